The molecule has 1 aliphatic heterocycles. The summed E-state index contributed by atoms with van der Waals surface area (Å²) >= 11 is 3.40. The third-order valence-corrected chi connectivity index (χ3v) is 3.70. The second kappa shape index (κ2) is 5.80. The summed E-state index contributed by atoms with van der Waals surface area (Å²) in [5, 5.41) is 13.6. The molecule has 0 amide bonds. The van der Waals surface area contributed by atoms with E-state index >= 15 is 0 Å². The summed E-state index contributed by atoms with van der Waals surface area (Å²) in [6.45, 7) is 1.09. The number of benzene rings is 1. The minimum Gasteiger partial charge on any atom is -0.388 e. The van der Waals surface area contributed by atoms with Gasteiger partial charge in [0.25, 0.3) is 0 Å². The van der Waals surface area contributed by atoms with E-state index in [0.717, 1.165) is 23.0 Å². The van der Waals surface area contributed by atoms with Crippen LogP contribution in [0.2, 0.25) is 0 Å². The zero-order valence-corrected chi connectivity index (χ0v) is 10.9. The third-order valence-electron chi connectivity index (χ3n) is 3.17. The molecule has 88 valence electrons. The fourth-order valence-corrected chi connectivity index (χ4v) is 2.48. The van der Waals surface area contributed by atoms with E-state index in [2.05, 4.69) is 21.2 Å². The molecule has 2 atom stereocenters. The maximum absolute atomic E-state index is 10.1. The van der Waals surface area contributed by atoms with Gasteiger partial charge in [-0.15, -0.1) is 0 Å². The van der Waals surface area contributed by atoms with Crippen LogP contribution >= 0.6 is 15.9 Å². The molecule has 0 radical (unpaired) electrons. The van der Waals surface area contributed by atoms with Gasteiger partial charge in [-0.2, -0.15) is 0 Å². The first-order valence-corrected chi connectivity index (χ1v) is 6.72. The van der Waals surface area contributed by atoms with Crippen LogP contribution in [0.15, 0.2) is 28.7 Å². The van der Waals surface area contributed by atoms with Crippen LogP contribution < -0.4 is 5.32 Å². The highest BCUT2D eigenvalue weighted by molar-refractivity contribution is 9.10. The minimum atomic E-state index is -0.344. The second-order valence-electron chi connectivity index (χ2n) is 4.45. The molecule has 1 aliphatic rings. The van der Waals surface area contributed by atoms with E-state index in [4.69, 9.17) is 0 Å². The lowest BCUT2D eigenvalue weighted by Crippen LogP contribution is -2.35. The number of rotatable bonds is 3. The first-order chi connectivity index (χ1) is 7.75. The Labute approximate surface area is 105 Å². The molecule has 1 saturated heterocycles. The van der Waals surface area contributed by atoms with E-state index < -0.39 is 0 Å². The molecule has 2 rings (SSSR count). The van der Waals surface area contributed by atoms with Crippen LogP contribution in [0, 0.1) is 0 Å². The van der Waals surface area contributed by atoms with Crippen molar-refractivity contribution in [2.75, 3.05) is 6.54 Å². The lowest BCUT2D eigenvalue weighted by Gasteiger charge is -2.25. The predicted molar refractivity (Wildman–Crippen MR) is 69.4 cm³/mol. The van der Waals surface area contributed by atoms with Crippen LogP contribution in [-0.2, 0) is 0 Å². The van der Waals surface area contributed by atoms with Crippen molar-refractivity contribution in [2.45, 2.75) is 37.8 Å². The maximum atomic E-state index is 10.1. The molecule has 16 heavy (non-hydrogen) atoms. The van der Waals surface area contributed by atoms with E-state index in [1.807, 2.05) is 24.3 Å². The van der Waals surface area contributed by atoms with Crippen molar-refractivity contribution in [1.82, 2.24) is 5.32 Å². The van der Waals surface area contributed by atoms with Crippen LogP contribution in [0.3, 0.4) is 0 Å². The predicted octanol–water partition coefficient (Wildman–Crippen LogP) is 3.01. The van der Waals surface area contributed by atoms with Gasteiger partial charge in [-0.05, 0) is 43.5 Å². The van der Waals surface area contributed by atoms with E-state index in [1.165, 1.54) is 19.3 Å². The molecule has 2 nitrogen and oxygen atoms in total. The summed E-state index contributed by atoms with van der Waals surface area (Å²) in [6, 6.07) is 8.40. The molecule has 2 N–H and O–H groups in total. The summed E-state index contributed by atoms with van der Waals surface area (Å²) in [4.78, 5) is 0. The lowest BCUT2D eigenvalue weighted by molar-refractivity contribution is 0.144. The van der Waals surface area contributed by atoms with E-state index in [-0.39, 0.29) is 6.10 Å². The monoisotopic (exact) mass is 283 g/mol. The number of halogens is 1. The van der Waals surface area contributed by atoms with Gasteiger partial charge < -0.3 is 10.4 Å². The van der Waals surface area contributed by atoms with Crippen molar-refractivity contribution >= 4 is 15.9 Å². The van der Waals surface area contributed by atoms with Crippen molar-refractivity contribution < 1.29 is 5.11 Å². The molecule has 0 spiro atoms. The Morgan fingerprint density at radius 1 is 1.31 bits per heavy atom. The van der Waals surface area contributed by atoms with Crippen molar-refractivity contribution in [3.63, 3.8) is 0 Å². The highest BCUT2D eigenvalue weighted by atomic mass is 79.9. The molecule has 0 aromatic heterocycles. The Hall–Kier alpha value is -0.380. The SMILES string of the molecule is O[C@H](C[C@@H]1CCCCN1)c1ccc(Br)cc1. The second-order valence-corrected chi connectivity index (χ2v) is 5.37. The van der Waals surface area contributed by atoms with Crippen molar-refractivity contribution in [3.05, 3.63) is 34.3 Å². The fraction of sp³-hybridized carbons (Fsp3) is 0.538. The van der Waals surface area contributed by atoms with E-state index in [0.29, 0.717) is 6.04 Å². The molecule has 0 saturated carbocycles. The smallest absolute Gasteiger partial charge is 0.0804 e. The van der Waals surface area contributed by atoms with Gasteiger partial charge in [0.2, 0.25) is 0 Å². The van der Waals surface area contributed by atoms with Crippen molar-refractivity contribution in [2.24, 2.45) is 0 Å². The standard InChI is InChI=1S/C13H18BrNO/c14-11-6-4-10(5-7-11)13(16)9-12-3-1-2-8-15-12/h4-7,12-13,15-16H,1-3,8-9H2/t12-,13+/m0/s1. The Kier molecular flexibility index (Phi) is 4.38. The van der Waals surface area contributed by atoms with E-state index in [1.54, 1.807) is 0 Å². The third kappa shape index (κ3) is 3.30. The quantitative estimate of drug-likeness (QED) is 0.894. The van der Waals surface area contributed by atoms with Gasteiger partial charge in [-0.25, -0.2) is 0 Å². The van der Waals surface area contributed by atoms with Gasteiger partial charge in [0.1, 0.15) is 0 Å². The lowest BCUT2D eigenvalue weighted by atomic mass is 9.96. The van der Waals surface area contributed by atoms with Crippen LogP contribution in [0.25, 0.3) is 0 Å². The van der Waals surface area contributed by atoms with Crippen LogP contribution in [0.1, 0.15) is 37.4 Å². The zero-order chi connectivity index (χ0) is 11.4. The molecule has 1 heterocycles. The van der Waals surface area contributed by atoms with Gasteiger partial charge in [0.05, 0.1) is 6.10 Å². The largest absolute Gasteiger partial charge is 0.388 e. The topological polar surface area (TPSA) is 32.3 Å². The molecule has 3 heteroatoms. The summed E-state index contributed by atoms with van der Waals surface area (Å²) < 4.78 is 1.05. The molecule has 1 fully saturated rings. The van der Waals surface area contributed by atoms with Gasteiger partial charge in [-0.3, -0.25) is 0 Å². The molecule has 0 bridgehead atoms. The number of aliphatic hydroxyl groups excluding tert-OH is 1. The van der Waals surface area contributed by atoms with E-state index in [9.17, 15) is 5.11 Å². The van der Waals surface area contributed by atoms with Gasteiger partial charge in [0.15, 0.2) is 0 Å². The summed E-state index contributed by atoms with van der Waals surface area (Å²) in [5.41, 5.74) is 1.01. The van der Waals surface area contributed by atoms with Gasteiger partial charge in [-0.1, -0.05) is 34.5 Å². The first-order valence-electron chi connectivity index (χ1n) is 5.92. The number of hydrogen-bond acceptors (Lipinski definition) is 2. The molecular formula is C13H18BrNO. The highest BCUT2D eigenvalue weighted by Crippen LogP contribution is 2.23. The van der Waals surface area contributed by atoms with Crippen molar-refractivity contribution in [3.8, 4) is 0 Å². The number of nitrogens with one attached hydrogen (secondary N) is 1. The molecule has 1 aromatic rings. The molecule has 0 unspecified atom stereocenters. The average Bonchev–Trinajstić information content (AvgIpc) is 2.31. The molecular weight excluding hydrogens is 266 g/mol. The fourth-order valence-electron chi connectivity index (χ4n) is 2.22. The Bertz CT molecular complexity index is 319. The first kappa shape index (κ1) is 12.1. The van der Waals surface area contributed by atoms with Gasteiger partial charge in [0, 0.05) is 10.5 Å². The van der Waals surface area contributed by atoms with Crippen LogP contribution in [0.5, 0.6) is 0 Å². The van der Waals surface area contributed by atoms with Crippen LogP contribution in [0.4, 0.5) is 0 Å². The minimum absolute atomic E-state index is 0.344. The average molecular weight is 284 g/mol. The number of aliphatic hydroxyl groups is 1. The van der Waals surface area contributed by atoms with Crippen LogP contribution in [-0.4, -0.2) is 17.7 Å². The maximum Gasteiger partial charge on any atom is 0.0804 e. The Morgan fingerprint density at radius 3 is 2.69 bits per heavy atom. The number of hydrogen-bond donors (Lipinski definition) is 2. The normalized spacial score (nSPS) is 23.0. The Morgan fingerprint density at radius 2 is 2.06 bits per heavy atom. The van der Waals surface area contributed by atoms with Crippen molar-refractivity contribution in [1.29, 1.82) is 0 Å². The Balaban J connectivity index is 1.91. The highest BCUT2D eigenvalue weighted by Gasteiger charge is 2.17. The zero-order valence-electron chi connectivity index (χ0n) is 9.32. The summed E-state index contributed by atoms with van der Waals surface area (Å²) in [5.74, 6) is 0. The molecule has 1 aromatic carbocycles. The summed E-state index contributed by atoms with van der Waals surface area (Å²) in [7, 11) is 0. The van der Waals surface area contributed by atoms with Gasteiger partial charge >= 0.3 is 0 Å². The summed E-state index contributed by atoms with van der Waals surface area (Å²) in [6.07, 6.45) is 4.22. The molecule has 0 aliphatic carbocycles. The number of piperidine rings is 1.